The maximum Gasteiger partial charge on any atom is 0.280 e. The third-order valence-corrected chi connectivity index (χ3v) is 6.69. The zero-order valence-corrected chi connectivity index (χ0v) is 21.0. The van der Waals surface area contributed by atoms with Crippen LogP contribution >= 0.6 is 0 Å². The number of carbonyl (C=O) groups is 2. The van der Waals surface area contributed by atoms with Gasteiger partial charge in [0, 0.05) is 41.7 Å². The van der Waals surface area contributed by atoms with Crippen LogP contribution in [0.5, 0.6) is 11.5 Å². The highest BCUT2D eigenvalue weighted by atomic mass is 19.3. The Hall–Kier alpha value is -4.01. The van der Waals surface area contributed by atoms with Gasteiger partial charge in [0.2, 0.25) is 0 Å². The lowest BCUT2D eigenvalue weighted by atomic mass is 9.89. The second kappa shape index (κ2) is 11.4. The summed E-state index contributed by atoms with van der Waals surface area (Å²) in [6.45, 7) is 2.93. The number of alkyl halides is 2. The van der Waals surface area contributed by atoms with Gasteiger partial charge in [0.05, 0.1) is 14.2 Å². The van der Waals surface area contributed by atoms with Gasteiger partial charge in [-0.15, -0.1) is 0 Å². The molecule has 194 valence electrons. The number of ether oxygens (including phenoxy) is 2. The normalized spacial score (nSPS) is 13.9. The molecule has 0 atom stereocenters. The number of aromatic nitrogens is 1. The Morgan fingerprint density at radius 1 is 0.973 bits per heavy atom. The molecule has 2 amide bonds. The van der Waals surface area contributed by atoms with Crippen molar-refractivity contribution in [1.29, 1.82) is 0 Å². The van der Waals surface area contributed by atoms with E-state index in [-0.39, 0.29) is 23.3 Å². The molecule has 1 aromatic heterocycles. The Morgan fingerprint density at radius 3 is 2.16 bits per heavy atom. The number of amides is 2. The van der Waals surface area contributed by atoms with Crippen LogP contribution in [0.2, 0.25) is 0 Å². The van der Waals surface area contributed by atoms with Gasteiger partial charge in [0.15, 0.2) is 0 Å². The fourth-order valence-electron chi connectivity index (χ4n) is 4.56. The minimum atomic E-state index is -2.71. The summed E-state index contributed by atoms with van der Waals surface area (Å²) in [5, 5.41) is 2.90. The van der Waals surface area contributed by atoms with Crippen LogP contribution in [-0.2, 0) is 0 Å². The maximum absolute atomic E-state index is 12.9. The maximum atomic E-state index is 12.9. The molecular weight excluding hydrogens is 480 g/mol. The van der Waals surface area contributed by atoms with Crippen LogP contribution in [0.25, 0.3) is 0 Å². The Bertz CT molecular complexity index is 1250. The zero-order chi connectivity index (χ0) is 26.5. The first-order valence-corrected chi connectivity index (χ1v) is 12.0. The summed E-state index contributed by atoms with van der Waals surface area (Å²) in [6.07, 6.45) is 0.0439. The van der Waals surface area contributed by atoms with Gasteiger partial charge >= 0.3 is 0 Å². The van der Waals surface area contributed by atoms with Gasteiger partial charge in [-0.25, -0.2) is 8.78 Å². The number of halogens is 2. The van der Waals surface area contributed by atoms with Gasteiger partial charge in [0.25, 0.3) is 18.2 Å². The van der Waals surface area contributed by atoms with Gasteiger partial charge < -0.3 is 19.7 Å². The van der Waals surface area contributed by atoms with Crippen molar-refractivity contribution < 1.29 is 27.8 Å². The van der Waals surface area contributed by atoms with Crippen LogP contribution < -0.4 is 14.8 Å². The quantitative estimate of drug-likeness (QED) is 0.447. The third-order valence-electron chi connectivity index (χ3n) is 6.69. The highest BCUT2D eigenvalue weighted by Crippen LogP contribution is 2.31. The number of pyridine rings is 1. The van der Waals surface area contributed by atoms with Crippen LogP contribution in [0.3, 0.4) is 0 Å². The highest BCUT2D eigenvalue weighted by molar-refractivity contribution is 6.05. The molecule has 7 nitrogen and oxygen atoms in total. The molecular formula is C28H29F2N3O4. The average Bonchev–Trinajstić information content (AvgIpc) is 2.93. The Morgan fingerprint density at radius 2 is 1.59 bits per heavy atom. The van der Waals surface area contributed by atoms with Gasteiger partial charge in [-0.05, 0) is 67.6 Å². The molecule has 1 aliphatic rings. The monoisotopic (exact) mass is 509 g/mol. The fourth-order valence-corrected chi connectivity index (χ4v) is 4.56. The molecule has 4 rings (SSSR count). The first-order valence-electron chi connectivity index (χ1n) is 12.0. The molecule has 2 aromatic carbocycles. The topological polar surface area (TPSA) is 80.8 Å². The molecule has 0 saturated carbocycles. The van der Waals surface area contributed by atoms with E-state index in [0.29, 0.717) is 35.8 Å². The minimum Gasteiger partial charge on any atom is -0.496 e. The van der Waals surface area contributed by atoms with Crippen LogP contribution in [0.4, 0.5) is 14.5 Å². The predicted octanol–water partition coefficient (Wildman–Crippen LogP) is 5.62. The standard InChI is InChI=1S/C28H29F2N3O4/c1-17-24(36-2)15-21(16-25(17)37-3)27(34)32-22-6-4-18(5-7-22)19-9-12-33(13-10-19)28(35)20-8-11-31-23(14-20)26(29)30/h4-8,11,14-16,19,26H,9-10,12-13H2,1-3H3,(H,32,34). The number of nitrogens with zero attached hydrogens (tertiary/aromatic N) is 2. The average molecular weight is 510 g/mol. The number of methoxy groups -OCH3 is 2. The van der Waals surface area contributed by atoms with Gasteiger partial charge in [-0.3, -0.25) is 14.6 Å². The van der Waals surface area contributed by atoms with Crippen molar-refractivity contribution in [3.63, 3.8) is 0 Å². The number of nitrogens with one attached hydrogen (secondary N) is 1. The van der Waals surface area contributed by atoms with Crippen molar-refractivity contribution >= 4 is 17.5 Å². The van der Waals surface area contributed by atoms with Crippen LogP contribution in [0, 0.1) is 6.92 Å². The third kappa shape index (κ3) is 5.87. The first-order chi connectivity index (χ1) is 17.8. The van der Waals surface area contributed by atoms with E-state index in [9.17, 15) is 18.4 Å². The Kier molecular flexibility index (Phi) is 8.01. The summed E-state index contributed by atoms with van der Waals surface area (Å²) in [5.41, 5.74) is 2.86. The summed E-state index contributed by atoms with van der Waals surface area (Å²) >= 11 is 0. The van der Waals surface area contributed by atoms with E-state index in [4.69, 9.17) is 9.47 Å². The second-order valence-electron chi connectivity index (χ2n) is 8.92. The molecule has 1 aliphatic heterocycles. The largest absolute Gasteiger partial charge is 0.496 e. The molecule has 1 saturated heterocycles. The molecule has 37 heavy (non-hydrogen) atoms. The molecule has 0 bridgehead atoms. The van der Waals surface area contributed by atoms with Crippen molar-refractivity contribution in [1.82, 2.24) is 9.88 Å². The lowest BCUT2D eigenvalue weighted by molar-refractivity contribution is 0.0712. The number of anilines is 1. The van der Waals surface area contributed by atoms with E-state index in [2.05, 4.69) is 10.3 Å². The molecule has 3 aromatic rings. The molecule has 2 heterocycles. The van der Waals surface area contributed by atoms with Gasteiger partial charge in [0.1, 0.15) is 17.2 Å². The molecule has 0 unspecified atom stereocenters. The smallest absolute Gasteiger partial charge is 0.280 e. The van der Waals surface area contributed by atoms with Crippen molar-refractivity contribution in [2.24, 2.45) is 0 Å². The number of rotatable bonds is 7. The van der Waals surface area contributed by atoms with E-state index in [0.717, 1.165) is 30.0 Å². The number of hydrogen-bond donors (Lipinski definition) is 1. The Balaban J connectivity index is 1.36. The lowest BCUT2D eigenvalue weighted by Gasteiger charge is -2.32. The van der Waals surface area contributed by atoms with Gasteiger partial charge in [-0.1, -0.05) is 12.1 Å². The summed E-state index contributed by atoms with van der Waals surface area (Å²) < 4.78 is 36.6. The van der Waals surface area contributed by atoms with E-state index < -0.39 is 12.1 Å². The Labute approximate surface area is 214 Å². The highest BCUT2D eigenvalue weighted by Gasteiger charge is 2.25. The summed E-state index contributed by atoms with van der Waals surface area (Å²) in [5.74, 6) is 0.868. The van der Waals surface area contributed by atoms with E-state index in [1.54, 1.807) is 31.3 Å². The first kappa shape index (κ1) is 26.1. The fraction of sp³-hybridized carbons (Fsp3) is 0.321. The summed E-state index contributed by atoms with van der Waals surface area (Å²) in [7, 11) is 3.09. The van der Waals surface area contributed by atoms with Crippen molar-refractivity contribution in [3.05, 3.63) is 82.7 Å². The van der Waals surface area contributed by atoms with Gasteiger partial charge in [-0.2, -0.15) is 0 Å². The summed E-state index contributed by atoms with van der Waals surface area (Å²) in [4.78, 5) is 30.9. The van der Waals surface area contributed by atoms with Crippen molar-refractivity contribution in [2.75, 3.05) is 32.6 Å². The lowest BCUT2D eigenvalue weighted by Crippen LogP contribution is -2.38. The summed E-state index contributed by atoms with van der Waals surface area (Å²) in [6, 6.07) is 13.7. The number of hydrogen-bond acceptors (Lipinski definition) is 5. The van der Waals surface area contributed by atoms with Crippen molar-refractivity contribution in [2.45, 2.75) is 32.1 Å². The van der Waals surface area contributed by atoms with E-state index >= 15 is 0 Å². The van der Waals surface area contributed by atoms with Crippen molar-refractivity contribution in [3.8, 4) is 11.5 Å². The predicted molar refractivity (Wildman–Crippen MR) is 136 cm³/mol. The second-order valence-corrected chi connectivity index (χ2v) is 8.92. The number of carbonyl (C=O) groups excluding carboxylic acids is 2. The molecule has 1 fully saturated rings. The minimum absolute atomic E-state index is 0.229. The number of piperidine rings is 1. The molecule has 1 N–H and O–H groups in total. The molecule has 0 spiro atoms. The van der Waals surface area contributed by atoms with E-state index in [1.165, 1.54) is 12.3 Å². The SMILES string of the molecule is COc1cc(C(=O)Nc2ccc(C3CCN(C(=O)c4ccnc(C(F)F)c4)CC3)cc2)cc(OC)c1C. The van der Waals surface area contributed by atoms with Crippen LogP contribution in [0.1, 0.15) is 62.7 Å². The zero-order valence-electron chi connectivity index (χ0n) is 21.0. The van der Waals surface area contributed by atoms with Crippen LogP contribution in [0.15, 0.2) is 54.7 Å². The molecule has 9 heteroatoms. The number of likely N-dealkylation sites (tertiary alicyclic amines) is 1. The molecule has 0 aliphatic carbocycles. The van der Waals surface area contributed by atoms with E-state index in [1.807, 2.05) is 31.2 Å². The molecule has 0 radical (unpaired) electrons. The number of benzene rings is 2. The van der Waals surface area contributed by atoms with Crippen LogP contribution in [-0.4, -0.2) is 49.0 Å².